The predicted molar refractivity (Wildman–Crippen MR) is 82.1 cm³/mol. The maximum atomic E-state index is 3.38. The van der Waals surface area contributed by atoms with Gasteiger partial charge in [-0.3, -0.25) is 0 Å². The van der Waals surface area contributed by atoms with Crippen LogP contribution in [0, 0.1) is 12.1 Å². The summed E-state index contributed by atoms with van der Waals surface area (Å²) in [6.45, 7) is 4.75. The standard InChI is InChI=1S/C16H17SSi.2Li/c1-18(2)16(15-11-7-4-8-12-15)17-13-14-9-5-3-6-10-14;;/h3-9,11,16H,13H2,1-2H3;;/q-2;2*+1. The molecule has 0 aliphatic heterocycles. The number of hydrogen-bond acceptors (Lipinski definition) is 1. The molecule has 0 aromatic heterocycles. The quantitative estimate of drug-likeness (QED) is 0.479. The van der Waals surface area contributed by atoms with Crippen LogP contribution in [0.1, 0.15) is 16.0 Å². The third-order valence-electron chi connectivity index (χ3n) is 2.72. The summed E-state index contributed by atoms with van der Waals surface area (Å²) >= 11 is 2.02. The summed E-state index contributed by atoms with van der Waals surface area (Å²) in [5.74, 6) is 1.03. The van der Waals surface area contributed by atoms with E-state index >= 15 is 0 Å². The molecule has 0 amide bonds. The van der Waals surface area contributed by atoms with Crippen molar-refractivity contribution in [3.8, 4) is 0 Å². The molecule has 0 N–H and O–H groups in total. The first-order valence-corrected chi connectivity index (χ1v) is 9.74. The molecule has 0 fully saturated rings. The molecule has 4 heteroatoms. The minimum absolute atomic E-state index is 0. The summed E-state index contributed by atoms with van der Waals surface area (Å²) in [6.07, 6.45) is 0. The van der Waals surface area contributed by atoms with Crippen LogP contribution in [0.4, 0.5) is 0 Å². The maximum absolute atomic E-state index is 3.38. The molecule has 20 heavy (non-hydrogen) atoms. The maximum Gasteiger partial charge on any atom is 1.00 e. The van der Waals surface area contributed by atoms with Gasteiger partial charge >= 0.3 is 37.7 Å². The van der Waals surface area contributed by atoms with Gasteiger partial charge < -0.3 is 0 Å². The zero-order chi connectivity index (χ0) is 12.8. The van der Waals surface area contributed by atoms with Gasteiger partial charge in [0.05, 0.1) is 8.80 Å². The van der Waals surface area contributed by atoms with E-state index in [4.69, 9.17) is 0 Å². The van der Waals surface area contributed by atoms with E-state index in [9.17, 15) is 0 Å². The predicted octanol–water partition coefficient (Wildman–Crippen LogP) is -1.44. The molecule has 93 valence electrons. The van der Waals surface area contributed by atoms with Crippen LogP contribution in [0.5, 0.6) is 0 Å². The SMILES string of the molecule is C[Si](C)C(SCc1[c-]cccc1)c1[c-]cccc1.[Li+].[Li+]. The smallest absolute Gasteiger partial charge is 0.180 e. The Morgan fingerprint density at radius 1 is 1.00 bits per heavy atom. The molecule has 0 saturated carbocycles. The topological polar surface area (TPSA) is 0 Å². The molecule has 1 atom stereocenters. The van der Waals surface area contributed by atoms with Crippen molar-refractivity contribution < 1.29 is 37.7 Å². The Kier molecular flexibility index (Phi) is 11.0. The number of hydrogen-bond donors (Lipinski definition) is 0. The van der Waals surface area contributed by atoms with Gasteiger partial charge in [-0.05, 0) is 10.6 Å². The molecule has 2 rings (SSSR count). The zero-order valence-corrected chi connectivity index (χ0v) is 14.6. The van der Waals surface area contributed by atoms with Gasteiger partial charge in [-0.1, -0.05) is 13.1 Å². The Labute approximate surface area is 153 Å². The van der Waals surface area contributed by atoms with Crippen molar-refractivity contribution in [2.75, 3.05) is 0 Å². The van der Waals surface area contributed by atoms with Gasteiger partial charge in [0.1, 0.15) is 0 Å². The van der Waals surface area contributed by atoms with Crippen LogP contribution in [-0.2, 0) is 5.75 Å². The van der Waals surface area contributed by atoms with Gasteiger partial charge in [0.2, 0.25) is 0 Å². The molecule has 0 aliphatic carbocycles. The van der Waals surface area contributed by atoms with Crippen molar-refractivity contribution in [3.63, 3.8) is 0 Å². The monoisotopic (exact) mass is 283 g/mol. The van der Waals surface area contributed by atoms with Gasteiger partial charge in [0, 0.05) is 0 Å². The summed E-state index contributed by atoms with van der Waals surface area (Å²) in [6, 6.07) is 23.3. The molecule has 0 spiro atoms. The van der Waals surface area contributed by atoms with E-state index in [0.29, 0.717) is 4.87 Å². The van der Waals surface area contributed by atoms with E-state index in [2.05, 4.69) is 49.5 Å². The molecule has 0 saturated heterocycles. The average molecular weight is 283 g/mol. The van der Waals surface area contributed by atoms with E-state index < -0.39 is 0 Å². The van der Waals surface area contributed by atoms with Gasteiger partial charge in [-0.2, -0.15) is 83.6 Å². The van der Waals surface area contributed by atoms with Crippen molar-refractivity contribution in [1.82, 2.24) is 0 Å². The summed E-state index contributed by atoms with van der Waals surface area (Å²) in [5.41, 5.74) is 2.63. The fraction of sp³-hybridized carbons (Fsp3) is 0.250. The molecular formula is C16H17Li2SSi. The molecule has 2 aromatic carbocycles. The van der Waals surface area contributed by atoms with Gasteiger partial charge in [0.25, 0.3) is 0 Å². The zero-order valence-electron chi connectivity index (χ0n) is 12.8. The molecular weight excluding hydrogens is 266 g/mol. The third kappa shape index (κ3) is 6.32. The Bertz CT molecular complexity index is 462. The van der Waals surface area contributed by atoms with Crippen molar-refractivity contribution >= 4 is 20.6 Å². The molecule has 0 aliphatic rings. The van der Waals surface area contributed by atoms with Crippen molar-refractivity contribution in [1.29, 1.82) is 0 Å². The van der Waals surface area contributed by atoms with E-state index in [0.717, 1.165) is 5.75 Å². The second-order valence-electron chi connectivity index (χ2n) is 4.47. The fourth-order valence-electron chi connectivity index (χ4n) is 1.83. The Morgan fingerprint density at radius 3 is 2.15 bits per heavy atom. The molecule has 0 nitrogen and oxygen atoms in total. The summed E-state index contributed by atoms with van der Waals surface area (Å²) in [4.78, 5) is 0.602. The van der Waals surface area contributed by atoms with Crippen LogP contribution in [0.3, 0.4) is 0 Å². The van der Waals surface area contributed by atoms with Crippen LogP contribution in [0.25, 0.3) is 0 Å². The van der Waals surface area contributed by atoms with Crippen molar-refractivity contribution in [2.24, 2.45) is 0 Å². The minimum atomic E-state index is -0.377. The van der Waals surface area contributed by atoms with Crippen LogP contribution in [0.2, 0.25) is 13.1 Å². The molecule has 0 bridgehead atoms. The van der Waals surface area contributed by atoms with E-state index in [1.807, 2.05) is 36.0 Å². The average Bonchev–Trinajstić information content (AvgIpc) is 2.41. The Balaban J connectivity index is 0.00000180. The van der Waals surface area contributed by atoms with Crippen LogP contribution < -0.4 is 37.7 Å². The van der Waals surface area contributed by atoms with Crippen LogP contribution >= 0.6 is 11.8 Å². The Morgan fingerprint density at radius 2 is 1.65 bits per heavy atom. The molecule has 0 heterocycles. The van der Waals surface area contributed by atoms with Gasteiger partial charge in [-0.25, -0.2) is 0 Å². The first-order chi connectivity index (χ1) is 8.77. The molecule has 1 unspecified atom stereocenters. The largest absolute Gasteiger partial charge is 1.00 e. The van der Waals surface area contributed by atoms with E-state index in [1.165, 1.54) is 11.1 Å². The Hall–Kier alpha value is 0.202. The number of rotatable bonds is 5. The second kappa shape index (κ2) is 10.9. The number of benzene rings is 2. The van der Waals surface area contributed by atoms with Crippen molar-refractivity contribution in [2.45, 2.75) is 23.7 Å². The van der Waals surface area contributed by atoms with E-state index in [-0.39, 0.29) is 46.5 Å². The summed E-state index contributed by atoms with van der Waals surface area (Å²) < 4.78 is 0. The summed E-state index contributed by atoms with van der Waals surface area (Å²) in [5, 5.41) is 0. The normalized spacial score (nSPS) is 11.3. The number of thioether (sulfide) groups is 1. The summed E-state index contributed by atoms with van der Waals surface area (Å²) in [7, 11) is -0.377. The fourth-order valence-corrected chi connectivity index (χ4v) is 5.07. The molecule has 2 aromatic rings. The van der Waals surface area contributed by atoms with Crippen molar-refractivity contribution in [3.05, 3.63) is 71.8 Å². The first kappa shape index (κ1) is 20.2. The van der Waals surface area contributed by atoms with Gasteiger partial charge in [0.15, 0.2) is 0 Å². The van der Waals surface area contributed by atoms with Crippen LogP contribution in [-0.4, -0.2) is 8.80 Å². The first-order valence-electron chi connectivity index (χ1n) is 6.11. The van der Waals surface area contributed by atoms with Crippen LogP contribution in [0.15, 0.2) is 48.5 Å². The molecule has 1 radical (unpaired) electrons. The van der Waals surface area contributed by atoms with Gasteiger partial charge in [-0.15, -0.1) is 0 Å². The van der Waals surface area contributed by atoms with E-state index in [1.54, 1.807) is 0 Å². The minimum Gasteiger partial charge on any atom is -0.180 e. The second-order valence-corrected chi connectivity index (χ2v) is 8.72. The third-order valence-corrected chi connectivity index (χ3v) is 7.06.